The Morgan fingerprint density at radius 1 is 1.14 bits per heavy atom. The summed E-state index contributed by atoms with van der Waals surface area (Å²) in [4.78, 5) is 41.8. The van der Waals surface area contributed by atoms with Crippen molar-refractivity contribution in [3.63, 3.8) is 0 Å². The second kappa shape index (κ2) is 7.75. The van der Waals surface area contributed by atoms with Crippen LogP contribution in [0.25, 0.3) is 10.9 Å². The molecule has 2 aromatic rings. The molecule has 2 fully saturated rings. The number of rotatable bonds is 3. The van der Waals surface area contributed by atoms with E-state index in [-0.39, 0.29) is 23.8 Å². The Morgan fingerprint density at radius 2 is 1.89 bits per heavy atom. The first-order valence-corrected chi connectivity index (χ1v) is 9.81. The zero-order valence-electron chi connectivity index (χ0n) is 16.1. The van der Waals surface area contributed by atoms with Gasteiger partial charge in [-0.2, -0.15) is 0 Å². The van der Waals surface area contributed by atoms with Gasteiger partial charge in [0, 0.05) is 36.8 Å². The van der Waals surface area contributed by atoms with Crippen molar-refractivity contribution < 1.29 is 14.3 Å². The summed E-state index contributed by atoms with van der Waals surface area (Å²) in [6.45, 7) is 4.82. The molecular formula is C21H25N3O4. The summed E-state index contributed by atoms with van der Waals surface area (Å²) in [5.41, 5.74) is 1.45. The van der Waals surface area contributed by atoms with Crippen molar-refractivity contribution in [2.24, 2.45) is 0 Å². The molecule has 0 bridgehead atoms. The van der Waals surface area contributed by atoms with Crippen LogP contribution < -0.4 is 5.43 Å². The largest absolute Gasteiger partial charge is 0.378 e. The molecule has 28 heavy (non-hydrogen) atoms. The highest BCUT2D eigenvalue weighted by Crippen LogP contribution is 2.22. The highest BCUT2D eigenvalue weighted by molar-refractivity contribution is 5.89. The molecule has 0 unspecified atom stereocenters. The van der Waals surface area contributed by atoms with Crippen LogP contribution >= 0.6 is 0 Å². The fourth-order valence-corrected chi connectivity index (χ4v) is 4.21. The number of carbonyl (C=O) groups is 2. The van der Waals surface area contributed by atoms with E-state index in [4.69, 9.17) is 4.74 Å². The zero-order chi connectivity index (χ0) is 19.7. The minimum atomic E-state index is -0.392. The lowest BCUT2D eigenvalue weighted by atomic mass is 10.1. The van der Waals surface area contributed by atoms with Crippen LogP contribution in [0.3, 0.4) is 0 Å². The number of aromatic nitrogens is 1. The number of amides is 2. The fraction of sp³-hybridized carbons (Fsp3) is 0.476. The number of carbonyl (C=O) groups excluding carboxylic acids is 2. The lowest BCUT2D eigenvalue weighted by molar-refractivity contribution is -0.146. The van der Waals surface area contributed by atoms with Gasteiger partial charge in [0.1, 0.15) is 12.6 Å². The predicted octanol–water partition coefficient (Wildman–Crippen LogP) is 1.16. The van der Waals surface area contributed by atoms with E-state index in [0.717, 1.165) is 17.6 Å². The van der Waals surface area contributed by atoms with Crippen molar-refractivity contribution in [1.82, 2.24) is 14.4 Å². The van der Waals surface area contributed by atoms with Gasteiger partial charge < -0.3 is 19.1 Å². The molecule has 0 radical (unpaired) electrons. The van der Waals surface area contributed by atoms with Crippen LogP contribution in [0.2, 0.25) is 0 Å². The zero-order valence-corrected chi connectivity index (χ0v) is 16.1. The molecule has 1 aromatic carbocycles. The summed E-state index contributed by atoms with van der Waals surface area (Å²) < 4.78 is 7.19. The minimum Gasteiger partial charge on any atom is -0.378 e. The molecule has 0 saturated carbocycles. The average molecular weight is 383 g/mol. The molecule has 7 nitrogen and oxygen atoms in total. The summed E-state index contributed by atoms with van der Waals surface area (Å²) >= 11 is 0. The minimum absolute atomic E-state index is 0.0237. The molecule has 0 spiro atoms. The Bertz CT molecular complexity index is 962. The standard InChI is InChI=1S/C21H25N3O4/c1-15-13-19(25)16-5-2-3-6-17(16)24(15)14-20(26)23-8-4-7-18(23)21(27)22-9-11-28-12-10-22/h2-3,5-6,13,18H,4,7-12,14H2,1H3/t18-/m0/s1. The Labute approximate surface area is 163 Å². The van der Waals surface area contributed by atoms with Gasteiger partial charge in [-0.1, -0.05) is 12.1 Å². The van der Waals surface area contributed by atoms with Crippen LogP contribution in [0, 0.1) is 6.92 Å². The second-order valence-corrected chi connectivity index (χ2v) is 7.44. The molecule has 2 amide bonds. The van der Waals surface area contributed by atoms with E-state index in [9.17, 15) is 14.4 Å². The van der Waals surface area contributed by atoms with E-state index < -0.39 is 6.04 Å². The molecule has 0 N–H and O–H groups in total. The predicted molar refractivity (Wildman–Crippen MR) is 105 cm³/mol. The summed E-state index contributed by atoms with van der Waals surface area (Å²) in [5, 5.41) is 0.600. The van der Waals surface area contributed by atoms with Crippen LogP contribution in [0.4, 0.5) is 0 Å². The van der Waals surface area contributed by atoms with Crippen molar-refractivity contribution in [2.75, 3.05) is 32.8 Å². The van der Waals surface area contributed by atoms with E-state index in [1.165, 1.54) is 0 Å². The number of likely N-dealkylation sites (tertiary alicyclic amines) is 1. The molecule has 1 atom stereocenters. The van der Waals surface area contributed by atoms with Gasteiger partial charge in [0.15, 0.2) is 5.43 Å². The van der Waals surface area contributed by atoms with E-state index in [0.29, 0.717) is 44.7 Å². The van der Waals surface area contributed by atoms with Gasteiger partial charge in [-0.3, -0.25) is 14.4 Å². The topological polar surface area (TPSA) is 71.9 Å². The molecule has 4 rings (SSSR count). The Balaban J connectivity index is 1.57. The maximum atomic E-state index is 13.1. The summed E-state index contributed by atoms with van der Waals surface area (Å²) in [5.74, 6) is -0.0587. The van der Waals surface area contributed by atoms with Crippen LogP contribution in [0.15, 0.2) is 35.1 Å². The first kappa shape index (κ1) is 18.7. The van der Waals surface area contributed by atoms with Crippen LogP contribution in [0.1, 0.15) is 18.5 Å². The average Bonchev–Trinajstić information content (AvgIpc) is 3.21. The van der Waals surface area contributed by atoms with Gasteiger partial charge in [0.25, 0.3) is 0 Å². The highest BCUT2D eigenvalue weighted by Gasteiger charge is 2.37. The van der Waals surface area contributed by atoms with Crippen molar-refractivity contribution in [3.8, 4) is 0 Å². The summed E-state index contributed by atoms with van der Waals surface area (Å²) in [6.07, 6.45) is 1.53. The maximum Gasteiger partial charge on any atom is 0.245 e. The number of hydrogen-bond donors (Lipinski definition) is 0. The van der Waals surface area contributed by atoms with Gasteiger partial charge in [-0.05, 0) is 31.9 Å². The molecule has 7 heteroatoms. The van der Waals surface area contributed by atoms with E-state index in [1.54, 1.807) is 21.9 Å². The smallest absolute Gasteiger partial charge is 0.245 e. The van der Waals surface area contributed by atoms with Crippen molar-refractivity contribution in [1.29, 1.82) is 0 Å². The number of hydrogen-bond acceptors (Lipinski definition) is 4. The first-order chi connectivity index (χ1) is 13.6. The van der Waals surface area contributed by atoms with E-state index in [1.807, 2.05) is 29.7 Å². The number of ether oxygens (including phenoxy) is 1. The maximum absolute atomic E-state index is 13.1. The molecule has 1 aromatic heterocycles. The quantitative estimate of drug-likeness (QED) is 0.797. The Hall–Kier alpha value is -2.67. The summed E-state index contributed by atoms with van der Waals surface area (Å²) in [6, 6.07) is 8.49. The molecule has 2 aliphatic heterocycles. The number of aryl methyl sites for hydroxylation is 1. The summed E-state index contributed by atoms with van der Waals surface area (Å²) in [7, 11) is 0. The third kappa shape index (κ3) is 3.42. The van der Waals surface area contributed by atoms with Gasteiger partial charge in [0.05, 0.1) is 18.7 Å². The molecule has 3 heterocycles. The molecule has 2 saturated heterocycles. The number of benzene rings is 1. The Kier molecular flexibility index (Phi) is 5.17. The SMILES string of the molecule is Cc1cc(=O)c2ccccc2n1CC(=O)N1CCC[C@H]1C(=O)N1CCOCC1. The van der Waals surface area contributed by atoms with Crippen molar-refractivity contribution in [2.45, 2.75) is 32.4 Å². The van der Waals surface area contributed by atoms with Gasteiger partial charge in [-0.25, -0.2) is 0 Å². The van der Waals surface area contributed by atoms with Crippen LogP contribution in [-0.4, -0.2) is 65.1 Å². The highest BCUT2D eigenvalue weighted by atomic mass is 16.5. The first-order valence-electron chi connectivity index (χ1n) is 9.81. The monoisotopic (exact) mass is 383 g/mol. The number of nitrogens with zero attached hydrogens (tertiary/aromatic N) is 3. The van der Waals surface area contributed by atoms with Crippen LogP contribution in [0.5, 0.6) is 0 Å². The number of pyridine rings is 1. The van der Waals surface area contributed by atoms with E-state index >= 15 is 0 Å². The lowest BCUT2D eigenvalue weighted by Gasteiger charge is -2.32. The van der Waals surface area contributed by atoms with Crippen LogP contribution in [-0.2, 0) is 20.9 Å². The number of morpholine rings is 1. The van der Waals surface area contributed by atoms with Crippen molar-refractivity contribution in [3.05, 3.63) is 46.2 Å². The molecule has 0 aliphatic carbocycles. The number of para-hydroxylation sites is 1. The van der Waals surface area contributed by atoms with Gasteiger partial charge in [0.2, 0.25) is 11.8 Å². The third-order valence-corrected chi connectivity index (χ3v) is 5.70. The normalized spacial score (nSPS) is 20.0. The van der Waals surface area contributed by atoms with Gasteiger partial charge >= 0.3 is 0 Å². The second-order valence-electron chi connectivity index (χ2n) is 7.44. The molecule has 2 aliphatic rings. The van der Waals surface area contributed by atoms with Crippen molar-refractivity contribution >= 4 is 22.7 Å². The third-order valence-electron chi connectivity index (χ3n) is 5.70. The van der Waals surface area contributed by atoms with Gasteiger partial charge in [-0.15, -0.1) is 0 Å². The molecular weight excluding hydrogens is 358 g/mol. The fourth-order valence-electron chi connectivity index (χ4n) is 4.21. The lowest BCUT2D eigenvalue weighted by Crippen LogP contribution is -2.51. The van der Waals surface area contributed by atoms with E-state index in [2.05, 4.69) is 0 Å². The Morgan fingerprint density at radius 3 is 2.68 bits per heavy atom. The number of fused-ring (bicyclic) bond motifs is 1. The molecule has 148 valence electrons.